The van der Waals surface area contributed by atoms with Crippen LogP contribution in [-0.4, -0.2) is 40.5 Å². The van der Waals surface area contributed by atoms with Crippen LogP contribution in [0.25, 0.3) is 11.1 Å². The van der Waals surface area contributed by atoms with Crippen LogP contribution in [0.5, 0.6) is 0 Å². The fourth-order valence-corrected chi connectivity index (χ4v) is 4.00. The van der Waals surface area contributed by atoms with E-state index in [9.17, 15) is 13.2 Å². The summed E-state index contributed by atoms with van der Waals surface area (Å²) in [5.41, 5.74) is 0.822. The topological polar surface area (TPSA) is 123 Å². The lowest BCUT2D eigenvalue weighted by atomic mass is 10.3. The summed E-state index contributed by atoms with van der Waals surface area (Å²) in [5.74, 6) is -0.00344. The Bertz CT molecular complexity index is 991. The van der Waals surface area contributed by atoms with Crippen LogP contribution in [0.3, 0.4) is 0 Å². The molecule has 3 rings (SSSR count). The summed E-state index contributed by atoms with van der Waals surface area (Å²) >= 11 is 1.35. The summed E-state index contributed by atoms with van der Waals surface area (Å²) in [5, 5.41) is 7.01. The number of aromatic nitrogens is 4. The molecule has 0 aliphatic rings. The third-order valence-corrected chi connectivity index (χ3v) is 5.63. The molecule has 2 N–H and O–H groups in total. The Kier molecular flexibility index (Phi) is 4.73. The predicted octanol–water partition coefficient (Wildman–Crippen LogP) is 0.803. The zero-order valence-electron chi connectivity index (χ0n) is 12.7. The van der Waals surface area contributed by atoms with Crippen LogP contribution in [0.2, 0.25) is 0 Å². The summed E-state index contributed by atoms with van der Waals surface area (Å²) in [7, 11) is -3.68. The summed E-state index contributed by atoms with van der Waals surface area (Å²) in [6, 6.07) is 4.38. The molecule has 0 radical (unpaired) electrons. The molecule has 3 aromatic rings. The van der Waals surface area contributed by atoms with Gasteiger partial charge in [-0.15, -0.1) is 0 Å². The molecule has 9 nitrogen and oxygen atoms in total. The number of sulfonamides is 1. The van der Waals surface area contributed by atoms with E-state index in [0.717, 1.165) is 0 Å². The Morgan fingerprint density at radius 1 is 1.42 bits per heavy atom. The Labute approximate surface area is 141 Å². The SMILES string of the molecule is CCn1c(=O)oc2cc(S(=O)(=O)NCCSc3ncn[nH]3)ccc21. The Morgan fingerprint density at radius 3 is 2.96 bits per heavy atom. The van der Waals surface area contributed by atoms with Gasteiger partial charge >= 0.3 is 5.76 Å². The van der Waals surface area contributed by atoms with E-state index >= 15 is 0 Å². The predicted molar refractivity (Wildman–Crippen MR) is 88.4 cm³/mol. The average Bonchev–Trinajstić information content (AvgIpc) is 3.17. The zero-order valence-corrected chi connectivity index (χ0v) is 14.4. The zero-order chi connectivity index (χ0) is 17.2. The standard InChI is InChI=1S/C13H15N5O4S2/c1-2-18-10-4-3-9(7-11(10)22-13(18)19)24(20,21)16-5-6-23-12-14-8-15-17-12/h3-4,7-8,16H,2,5-6H2,1H3,(H,14,15,17). The second-order valence-electron chi connectivity index (χ2n) is 4.78. The lowest BCUT2D eigenvalue weighted by Crippen LogP contribution is -2.26. The van der Waals surface area contributed by atoms with Crippen molar-refractivity contribution in [2.24, 2.45) is 0 Å². The molecule has 0 spiro atoms. The van der Waals surface area contributed by atoms with Gasteiger partial charge in [-0.05, 0) is 19.1 Å². The van der Waals surface area contributed by atoms with Crippen molar-refractivity contribution in [1.82, 2.24) is 24.5 Å². The molecule has 24 heavy (non-hydrogen) atoms. The van der Waals surface area contributed by atoms with E-state index in [0.29, 0.717) is 23.0 Å². The highest BCUT2D eigenvalue weighted by molar-refractivity contribution is 7.99. The molecule has 1 aromatic carbocycles. The Morgan fingerprint density at radius 2 is 2.25 bits per heavy atom. The van der Waals surface area contributed by atoms with Crippen molar-refractivity contribution in [3.8, 4) is 0 Å². The van der Waals surface area contributed by atoms with Gasteiger partial charge < -0.3 is 4.42 Å². The van der Waals surface area contributed by atoms with Gasteiger partial charge in [0.2, 0.25) is 10.0 Å². The van der Waals surface area contributed by atoms with E-state index in [-0.39, 0.29) is 17.0 Å². The number of fused-ring (bicyclic) bond motifs is 1. The molecule has 0 aliphatic carbocycles. The number of aromatic amines is 1. The first-order valence-corrected chi connectivity index (χ1v) is 9.59. The van der Waals surface area contributed by atoms with E-state index < -0.39 is 15.8 Å². The summed E-state index contributed by atoms with van der Waals surface area (Å²) in [4.78, 5) is 15.7. The van der Waals surface area contributed by atoms with Gasteiger partial charge in [0.15, 0.2) is 10.7 Å². The number of aryl methyl sites for hydroxylation is 1. The van der Waals surface area contributed by atoms with Crippen molar-refractivity contribution in [2.45, 2.75) is 23.5 Å². The monoisotopic (exact) mass is 369 g/mol. The van der Waals surface area contributed by atoms with Crippen molar-refractivity contribution >= 4 is 32.9 Å². The smallest absolute Gasteiger partial charge is 0.408 e. The number of hydrogen-bond donors (Lipinski definition) is 2. The maximum atomic E-state index is 12.3. The highest BCUT2D eigenvalue weighted by Gasteiger charge is 2.17. The molecule has 0 amide bonds. The number of hydrogen-bond acceptors (Lipinski definition) is 7. The average molecular weight is 369 g/mol. The second-order valence-corrected chi connectivity index (χ2v) is 7.63. The molecule has 2 aromatic heterocycles. The maximum absolute atomic E-state index is 12.3. The molecule has 0 saturated heterocycles. The van der Waals surface area contributed by atoms with Gasteiger partial charge in [-0.1, -0.05) is 11.8 Å². The third-order valence-electron chi connectivity index (χ3n) is 3.29. The number of nitrogens with zero attached hydrogens (tertiary/aromatic N) is 3. The molecular formula is C13H15N5O4S2. The van der Waals surface area contributed by atoms with Crippen LogP contribution in [0.4, 0.5) is 0 Å². The number of rotatable bonds is 7. The van der Waals surface area contributed by atoms with Gasteiger partial charge in [-0.3, -0.25) is 9.67 Å². The third kappa shape index (κ3) is 3.37. The summed E-state index contributed by atoms with van der Waals surface area (Å²) < 4.78 is 33.7. The summed E-state index contributed by atoms with van der Waals surface area (Å²) in [6.07, 6.45) is 1.39. The lowest BCUT2D eigenvalue weighted by molar-refractivity contribution is 0.512. The van der Waals surface area contributed by atoms with E-state index in [4.69, 9.17) is 4.42 Å². The first-order valence-electron chi connectivity index (χ1n) is 7.12. The molecule has 0 atom stereocenters. The molecule has 2 heterocycles. The minimum absolute atomic E-state index is 0.0525. The normalized spacial score (nSPS) is 12.0. The molecule has 11 heteroatoms. The van der Waals surface area contributed by atoms with Crippen LogP contribution in [0.1, 0.15) is 6.92 Å². The molecule has 0 bridgehead atoms. The van der Waals surface area contributed by atoms with Crippen molar-refractivity contribution in [3.05, 3.63) is 35.1 Å². The minimum atomic E-state index is -3.68. The van der Waals surface area contributed by atoms with E-state index in [1.165, 1.54) is 34.8 Å². The molecular weight excluding hydrogens is 354 g/mol. The van der Waals surface area contributed by atoms with Gasteiger partial charge in [0.05, 0.1) is 10.4 Å². The molecule has 128 valence electrons. The van der Waals surface area contributed by atoms with E-state index in [1.54, 1.807) is 6.07 Å². The van der Waals surface area contributed by atoms with Gasteiger partial charge in [-0.2, -0.15) is 5.10 Å². The number of benzene rings is 1. The highest BCUT2D eigenvalue weighted by atomic mass is 32.2. The first kappa shape index (κ1) is 16.7. The maximum Gasteiger partial charge on any atom is 0.419 e. The minimum Gasteiger partial charge on any atom is -0.408 e. The van der Waals surface area contributed by atoms with Gasteiger partial charge in [0.25, 0.3) is 0 Å². The number of oxazole rings is 1. The van der Waals surface area contributed by atoms with E-state index in [2.05, 4.69) is 19.9 Å². The molecule has 0 fully saturated rings. The van der Waals surface area contributed by atoms with Crippen LogP contribution >= 0.6 is 11.8 Å². The van der Waals surface area contributed by atoms with Crippen LogP contribution < -0.4 is 10.5 Å². The number of nitrogens with one attached hydrogen (secondary N) is 2. The number of thioether (sulfide) groups is 1. The Hall–Kier alpha value is -2.11. The van der Waals surface area contributed by atoms with Crippen molar-refractivity contribution in [2.75, 3.05) is 12.3 Å². The van der Waals surface area contributed by atoms with Gasteiger partial charge in [0.1, 0.15) is 6.33 Å². The fraction of sp³-hybridized carbons (Fsp3) is 0.308. The van der Waals surface area contributed by atoms with Crippen LogP contribution in [0, 0.1) is 0 Å². The Balaban J connectivity index is 1.72. The van der Waals surface area contributed by atoms with Crippen LogP contribution in [0.15, 0.2) is 43.8 Å². The van der Waals surface area contributed by atoms with Gasteiger partial charge in [-0.25, -0.2) is 22.9 Å². The van der Waals surface area contributed by atoms with Crippen molar-refractivity contribution in [3.63, 3.8) is 0 Å². The molecule has 0 aliphatic heterocycles. The van der Waals surface area contributed by atoms with Crippen molar-refractivity contribution in [1.29, 1.82) is 0 Å². The van der Waals surface area contributed by atoms with E-state index in [1.807, 2.05) is 6.92 Å². The van der Waals surface area contributed by atoms with Crippen molar-refractivity contribution < 1.29 is 12.8 Å². The fourth-order valence-electron chi connectivity index (χ4n) is 2.18. The largest absolute Gasteiger partial charge is 0.419 e. The van der Waals surface area contributed by atoms with Gasteiger partial charge in [0, 0.05) is 24.9 Å². The quantitative estimate of drug-likeness (QED) is 0.466. The summed E-state index contributed by atoms with van der Waals surface area (Å²) in [6.45, 7) is 2.50. The second kappa shape index (κ2) is 6.79. The number of H-pyrrole nitrogens is 1. The first-order chi connectivity index (χ1) is 11.5. The molecule has 0 saturated carbocycles. The molecule has 0 unspecified atom stereocenters. The highest BCUT2D eigenvalue weighted by Crippen LogP contribution is 2.18. The lowest BCUT2D eigenvalue weighted by Gasteiger charge is -2.06. The van der Waals surface area contributed by atoms with Crippen LogP contribution in [-0.2, 0) is 16.6 Å².